The quantitative estimate of drug-likeness (QED) is 0.843. The molecule has 1 aromatic rings. The Balaban J connectivity index is 2.16. The van der Waals surface area contributed by atoms with Crippen molar-refractivity contribution in [1.82, 2.24) is 5.32 Å². The van der Waals surface area contributed by atoms with Crippen LogP contribution in [0.2, 0.25) is 0 Å². The molecule has 1 aromatic carbocycles. The first-order valence-corrected chi connectivity index (χ1v) is 5.99. The van der Waals surface area contributed by atoms with Gasteiger partial charge in [0.05, 0.1) is 6.04 Å². The molecule has 1 N–H and O–H groups in total. The third kappa shape index (κ3) is 2.35. The summed E-state index contributed by atoms with van der Waals surface area (Å²) in [6.07, 6.45) is -0.177. The van der Waals surface area contributed by atoms with Crippen molar-refractivity contribution in [3.8, 4) is 0 Å². The summed E-state index contributed by atoms with van der Waals surface area (Å²) in [5, 5.41) is 3.27. The van der Waals surface area contributed by atoms with Crippen molar-refractivity contribution in [2.75, 3.05) is 24.5 Å². The Kier molecular flexibility index (Phi) is 3.78. The van der Waals surface area contributed by atoms with Gasteiger partial charge in [0, 0.05) is 25.3 Å². The van der Waals surface area contributed by atoms with Crippen molar-refractivity contribution in [1.29, 1.82) is 0 Å². The summed E-state index contributed by atoms with van der Waals surface area (Å²) in [6, 6.07) is 10.1. The van der Waals surface area contributed by atoms with Crippen LogP contribution < -0.4 is 10.2 Å². The van der Waals surface area contributed by atoms with E-state index in [2.05, 4.69) is 22.3 Å². The number of alkyl halides is 1. The first kappa shape index (κ1) is 11.4. The van der Waals surface area contributed by atoms with Crippen LogP contribution in [-0.4, -0.2) is 31.8 Å². The van der Waals surface area contributed by atoms with Crippen molar-refractivity contribution < 1.29 is 4.39 Å². The highest BCUT2D eigenvalue weighted by molar-refractivity contribution is 5.48. The largest absolute Gasteiger partial charge is 0.363 e. The van der Waals surface area contributed by atoms with Gasteiger partial charge in [0.25, 0.3) is 0 Å². The average Bonchev–Trinajstić information content (AvgIpc) is 2.39. The van der Waals surface area contributed by atoms with Gasteiger partial charge in [0.2, 0.25) is 0 Å². The van der Waals surface area contributed by atoms with Gasteiger partial charge >= 0.3 is 0 Å². The molecule has 0 aliphatic carbocycles. The fourth-order valence-electron chi connectivity index (χ4n) is 2.26. The molecule has 2 rings (SSSR count). The highest BCUT2D eigenvalue weighted by Crippen LogP contribution is 2.21. The molecule has 1 aliphatic rings. The molecule has 0 aromatic heterocycles. The molecule has 2 atom stereocenters. The zero-order chi connectivity index (χ0) is 11.4. The van der Waals surface area contributed by atoms with Crippen molar-refractivity contribution in [3.63, 3.8) is 0 Å². The Bertz CT molecular complexity index is 315. The van der Waals surface area contributed by atoms with Crippen LogP contribution >= 0.6 is 0 Å². The van der Waals surface area contributed by atoms with Crippen LogP contribution in [0.3, 0.4) is 0 Å². The molecule has 16 heavy (non-hydrogen) atoms. The summed E-state index contributed by atoms with van der Waals surface area (Å²) in [6.45, 7) is 4.46. The highest BCUT2D eigenvalue weighted by atomic mass is 19.1. The van der Waals surface area contributed by atoms with Gasteiger partial charge in [-0.15, -0.1) is 0 Å². The molecule has 88 valence electrons. The topological polar surface area (TPSA) is 15.3 Å². The highest BCUT2D eigenvalue weighted by Gasteiger charge is 2.28. The molecule has 1 aliphatic heterocycles. The van der Waals surface area contributed by atoms with Crippen LogP contribution in [0, 0.1) is 0 Å². The van der Waals surface area contributed by atoms with Gasteiger partial charge in [0.15, 0.2) is 0 Å². The van der Waals surface area contributed by atoms with E-state index in [1.54, 1.807) is 0 Å². The Morgan fingerprint density at radius 1 is 1.44 bits per heavy atom. The van der Waals surface area contributed by atoms with Crippen molar-refractivity contribution >= 4 is 5.69 Å². The van der Waals surface area contributed by atoms with E-state index in [-0.39, 0.29) is 6.04 Å². The summed E-state index contributed by atoms with van der Waals surface area (Å²) in [4.78, 5) is 2.19. The number of halogens is 1. The van der Waals surface area contributed by atoms with Crippen LogP contribution in [0.4, 0.5) is 10.1 Å². The molecule has 0 radical (unpaired) electrons. The number of rotatable bonds is 3. The minimum Gasteiger partial charge on any atom is -0.363 e. The summed E-state index contributed by atoms with van der Waals surface area (Å²) in [5.41, 5.74) is 1.13. The minimum atomic E-state index is -0.756. The van der Waals surface area contributed by atoms with Crippen LogP contribution in [0.5, 0.6) is 0 Å². The molecule has 1 saturated heterocycles. The number of benzene rings is 1. The van der Waals surface area contributed by atoms with Gasteiger partial charge in [-0.1, -0.05) is 25.1 Å². The average molecular weight is 222 g/mol. The smallest absolute Gasteiger partial charge is 0.121 e. The predicted octanol–water partition coefficient (Wildman–Crippen LogP) is 2.21. The van der Waals surface area contributed by atoms with Crippen LogP contribution in [0.15, 0.2) is 30.3 Å². The van der Waals surface area contributed by atoms with E-state index in [4.69, 9.17) is 0 Å². The van der Waals surface area contributed by atoms with Crippen LogP contribution in [0.25, 0.3) is 0 Å². The maximum absolute atomic E-state index is 13.9. The van der Waals surface area contributed by atoms with E-state index < -0.39 is 6.17 Å². The van der Waals surface area contributed by atoms with E-state index in [0.29, 0.717) is 6.42 Å². The lowest BCUT2D eigenvalue weighted by molar-refractivity contribution is 0.246. The SMILES string of the molecule is CCC(F)C1CNCCN1c1ccccc1. The number of piperazine rings is 1. The molecule has 0 bridgehead atoms. The molecule has 3 heteroatoms. The minimum absolute atomic E-state index is 0.0267. The lowest BCUT2D eigenvalue weighted by atomic mass is 10.0. The first-order chi connectivity index (χ1) is 7.83. The van der Waals surface area contributed by atoms with Gasteiger partial charge < -0.3 is 10.2 Å². The van der Waals surface area contributed by atoms with Crippen molar-refractivity contribution in [3.05, 3.63) is 30.3 Å². The van der Waals surface area contributed by atoms with Gasteiger partial charge in [-0.3, -0.25) is 0 Å². The van der Waals surface area contributed by atoms with E-state index in [0.717, 1.165) is 25.3 Å². The molecular formula is C13H19FN2. The normalized spacial score (nSPS) is 23.1. The maximum atomic E-state index is 13.9. The zero-order valence-electron chi connectivity index (χ0n) is 9.70. The van der Waals surface area contributed by atoms with Crippen molar-refractivity contribution in [2.45, 2.75) is 25.6 Å². The van der Waals surface area contributed by atoms with E-state index in [9.17, 15) is 4.39 Å². The van der Waals surface area contributed by atoms with Gasteiger partial charge in [0.1, 0.15) is 6.17 Å². The Hall–Kier alpha value is -1.09. The standard InChI is InChI=1S/C13H19FN2/c1-2-12(14)13-10-15-8-9-16(13)11-6-4-3-5-7-11/h3-7,12-13,15H,2,8-10H2,1H3. The third-order valence-corrected chi connectivity index (χ3v) is 3.18. The summed E-state index contributed by atoms with van der Waals surface area (Å²) < 4.78 is 13.9. The second-order valence-electron chi connectivity index (χ2n) is 4.22. The molecule has 1 heterocycles. The lowest BCUT2D eigenvalue weighted by Crippen LogP contribution is -2.55. The Labute approximate surface area is 96.5 Å². The number of nitrogens with one attached hydrogen (secondary N) is 1. The number of para-hydroxylation sites is 1. The monoisotopic (exact) mass is 222 g/mol. The molecule has 1 fully saturated rings. The van der Waals surface area contributed by atoms with Crippen LogP contribution in [-0.2, 0) is 0 Å². The molecule has 0 saturated carbocycles. The van der Waals surface area contributed by atoms with Gasteiger partial charge in [-0.25, -0.2) is 4.39 Å². The molecular weight excluding hydrogens is 203 g/mol. The number of anilines is 1. The fourth-order valence-corrected chi connectivity index (χ4v) is 2.26. The van der Waals surface area contributed by atoms with E-state index >= 15 is 0 Å². The van der Waals surface area contributed by atoms with Gasteiger partial charge in [-0.05, 0) is 18.6 Å². The molecule has 2 unspecified atom stereocenters. The fraction of sp³-hybridized carbons (Fsp3) is 0.538. The summed E-state index contributed by atoms with van der Waals surface area (Å²) in [5.74, 6) is 0. The second kappa shape index (κ2) is 5.30. The zero-order valence-corrected chi connectivity index (χ0v) is 9.70. The predicted molar refractivity (Wildman–Crippen MR) is 65.6 cm³/mol. The molecule has 0 spiro atoms. The Morgan fingerprint density at radius 2 is 2.19 bits per heavy atom. The lowest BCUT2D eigenvalue weighted by Gasteiger charge is -2.39. The van der Waals surface area contributed by atoms with E-state index in [1.807, 2.05) is 25.1 Å². The van der Waals surface area contributed by atoms with Crippen molar-refractivity contribution in [2.24, 2.45) is 0 Å². The van der Waals surface area contributed by atoms with Gasteiger partial charge in [-0.2, -0.15) is 0 Å². The number of nitrogens with zero attached hydrogens (tertiary/aromatic N) is 1. The second-order valence-corrected chi connectivity index (χ2v) is 4.22. The van der Waals surface area contributed by atoms with Crippen LogP contribution in [0.1, 0.15) is 13.3 Å². The maximum Gasteiger partial charge on any atom is 0.121 e. The first-order valence-electron chi connectivity index (χ1n) is 5.99. The van der Waals surface area contributed by atoms with E-state index in [1.165, 1.54) is 0 Å². The molecule has 0 amide bonds. The summed E-state index contributed by atoms with van der Waals surface area (Å²) in [7, 11) is 0. The number of hydrogen-bond donors (Lipinski definition) is 1. The number of hydrogen-bond acceptors (Lipinski definition) is 2. The third-order valence-electron chi connectivity index (χ3n) is 3.18. The molecule has 2 nitrogen and oxygen atoms in total. The summed E-state index contributed by atoms with van der Waals surface area (Å²) >= 11 is 0. The Morgan fingerprint density at radius 3 is 2.88 bits per heavy atom.